The number of nitrogens with one attached hydrogen (secondary N) is 1. The molecule has 7 heteroatoms. The maximum Gasteiger partial charge on any atom is 0.226 e. The lowest BCUT2D eigenvalue weighted by atomic mass is 10.2. The highest BCUT2D eigenvalue weighted by atomic mass is 32.1. The summed E-state index contributed by atoms with van der Waals surface area (Å²) in [5.41, 5.74) is 1.06. The molecular formula is C17H25N5OS. The maximum absolute atomic E-state index is 12.0. The number of anilines is 1. The number of likely N-dealkylation sites (tertiary alicyclic amines) is 1. The predicted molar refractivity (Wildman–Crippen MR) is 95.9 cm³/mol. The summed E-state index contributed by atoms with van der Waals surface area (Å²) in [4.78, 5) is 19.0. The Morgan fingerprint density at radius 1 is 1.25 bits per heavy atom. The second kappa shape index (κ2) is 8.94. The number of hydrogen-bond donors (Lipinski definition) is 1. The summed E-state index contributed by atoms with van der Waals surface area (Å²) in [6.07, 6.45) is 10.2. The Morgan fingerprint density at radius 3 is 2.83 bits per heavy atom. The van der Waals surface area contributed by atoms with Gasteiger partial charge in [0.05, 0.1) is 5.69 Å². The lowest BCUT2D eigenvalue weighted by Crippen LogP contribution is -2.24. The van der Waals surface area contributed by atoms with Gasteiger partial charge in [0.15, 0.2) is 5.13 Å². The fourth-order valence-electron chi connectivity index (χ4n) is 2.98. The standard InChI is InChI=1S/C17H25N5OS/c23-16(7-5-11-22-12-6-8-18-22)20-17-19-15(14-24-17)13-21-9-3-1-2-4-10-21/h6,8,12,14H,1-5,7,9-11,13H2,(H,19,20,23). The molecule has 3 heterocycles. The SMILES string of the molecule is O=C(CCCn1cccn1)Nc1nc(CN2CCCCCC2)cs1. The zero-order valence-corrected chi connectivity index (χ0v) is 14.8. The molecule has 130 valence electrons. The molecule has 1 N–H and O–H groups in total. The summed E-state index contributed by atoms with van der Waals surface area (Å²) >= 11 is 1.52. The van der Waals surface area contributed by atoms with Crippen LogP contribution in [0.25, 0.3) is 0 Å². The number of hydrogen-bond acceptors (Lipinski definition) is 5. The topological polar surface area (TPSA) is 63.1 Å². The summed E-state index contributed by atoms with van der Waals surface area (Å²) in [5.74, 6) is 0.0258. The number of aryl methyl sites for hydroxylation is 1. The molecule has 0 aromatic carbocycles. The molecule has 0 atom stereocenters. The van der Waals surface area contributed by atoms with Gasteiger partial charge in [0.1, 0.15) is 0 Å². The van der Waals surface area contributed by atoms with E-state index in [0.717, 1.165) is 38.3 Å². The van der Waals surface area contributed by atoms with Crippen LogP contribution in [0.4, 0.5) is 5.13 Å². The van der Waals surface area contributed by atoms with Crippen LogP contribution >= 0.6 is 11.3 Å². The van der Waals surface area contributed by atoms with Crippen molar-refractivity contribution in [1.29, 1.82) is 0 Å². The fraction of sp³-hybridized carbons (Fsp3) is 0.588. The quantitative estimate of drug-likeness (QED) is 0.836. The molecule has 0 aliphatic carbocycles. The zero-order valence-electron chi connectivity index (χ0n) is 14.0. The first kappa shape index (κ1) is 17.1. The Balaban J connectivity index is 1.40. The van der Waals surface area contributed by atoms with Crippen molar-refractivity contribution in [3.05, 3.63) is 29.5 Å². The molecule has 1 aliphatic heterocycles. The fourth-order valence-corrected chi connectivity index (χ4v) is 3.69. The number of carbonyl (C=O) groups is 1. The van der Waals surface area contributed by atoms with Crippen molar-refractivity contribution in [3.8, 4) is 0 Å². The molecule has 0 spiro atoms. The number of aromatic nitrogens is 3. The molecule has 1 aliphatic rings. The summed E-state index contributed by atoms with van der Waals surface area (Å²) in [6, 6.07) is 1.89. The summed E-state index contributed by atoms with van der Waals surface area (Å²) < 4.78 is 1.84. The van der Waals surface area contributed by atoms with Crippen molar-refractivity contribution < 1.29 is 4.79 Å². The van der Waals surface area contributed by atoms with Gasteiger partial charge in [0, 0.05) is 37.3 Å². The molecule has 0 bridgehead atoms. The van der Waals surface area contributed by atoms with Crippen molar-refractivity contribution in [2.24, 2.45) is 0 Å². The number of nitrogens with zero attached hydrogens (tertiary/aromatic N) is 4. The molecule has 2 aromatic heterocycles. The van der Waals surface area contributed by atoms with Gasteiger partial charge in [-0.3, -0.25) is 14.4 Å². The van der Waals surface area contributed by atoms with Crippen LogP contribution in [0.2, 0.25) is 0 Å². The van der Waals surface area contributed by atoms with E-state index in [1.165, 1.54) is 37.0 Å². The van der Waals surface area contributed by atoms with E-state index in [9.17, 15) is 4.79 Å². The smallest absolute Gasteiger partial charge is 0.226 e. The van der Waals surface area contributed by atoms with Gasteiger partial charge in [-0.1, -0.05) is 12.8 Å². The molecule has 3 rings (SSSR count). The summed E-state index contributed by atoms with van der Waals surface area (Å²) in [7, 11) is 0. The van der Waals surface area contributed by atoms with Crippen LogP contribution in [-0.2, 0) is 17.9 Å². The van der Waals surface area contributed by atoms with Crippen LogP contribution in [0.15, 0.2) is 23.8 Å². The zero-order chi connectivity index (χ0) is 16.6. The Morgan fingerprint density at radius 2 is 2.08 bits per heavy atom. The van der Waals surface area contributed by atoms with Crippen LogP contribution in [0.3, 0.4) is 0 Å². The van der Waals surface area contributed by atoms with Crippen molar-refractivity contribution in [3.63, 3.8) is 0 Å². The van der Waals surface area contributed by atoms with E-state index >= 15 is 0 Å². The van der Waals surface area contributed by atoms with Gasteiger partial charge in [0.25, 0.3) is 0 Å². The van der Waals surface area contributed by atoms with Crippen LogP contribution < -0.4 is 5.32 Å². The van der Waals surface area contributed by atoms with E-state index in [1.54, 1.807) is 6.20 Å². The van der Waals surface area contributed by atoms with Crippen LogP contribution in [-0.4, -0.2) is 38.7 Å². The lowest BCUT2D eigenvalue weighted by molar-refractivity contribution is -0.116. The van der Waals surface area contributed by atoms with Gasteiger partial charge in [-0.05, 0) is 38.4 Å². The number of amides is 1. The average Bonchev–Trinajstić information content (AvgIpc) is 3.16. The number of carbonyl (C=O) groups excluding carboxylic acids is 1. The van der Waals surface area contributed by atoms with Crippen molar-refractivity contribution in [2.45, 2.75) is 51.6 Å². The minimum absolute atomic E-state index is 0.0258. The van der Waals surface area contributed by atoms with Crippen LogP contribution in [0.5, 0.6) is 0 Å². The van der Waals surface area contributed by atoms with Gasteiger partial charge in [-0.25, -0.2) is 4.98 Å². The molecule has 1 fully saturated rings. The van der Waals surface area contributed by atoms with E-state index in [1.807, 2.05) is 16.9 Å². The molecule has 6 nitrogen and oxygen atoms in total. The van der Waals surface area contributed by atoms with Gasteiger partial charge < -0.3 is 5.32 Å². The predicted octanol–water partition coefficient (Wildman–Crippen LogP) is 3.13. The molecule has 24 heavy (non-hydrogen) atoms. The third-order valence-electron chi connectivity index (χ3n) is 4.23. The van der Waals surface area contributed by atoms with Crippen molar-refractivity contribution in [2.75, 3.05) is 18.4 Å². The second-order valence-corrected chi connectivity index (χ2v) is 7.11. The van der Waals surface area contributed by atoms with Gasteiger partial charge in [-0.15, -0.1) is 11.3 Å². The molecule has 0 saturated carbocycles. The van der Waals surface area contributed by atoms with Gasteiger partial charge in [-0.2, -0.15) is 5.10 Å². The Kier molecular flexibility index (Phi) is 6.37. The summed E-state index contributed by atoms with van der Waals surface area (Å²) in [5, 5.41) is 9.82. The van der Waals surface area contributed by atoms with Crippen molar-refractivity contribution >= 4 is 22.4 Å². The number of rotatable bonds is 7. The van der Waals surface area contributed by atoms with E-state index in [2.05, 4.69) is 25.7 Å². The molecule has 0 radical (unpaired) electrons. The largest absolute Gasteiger partial charge is 0.302 e. The third-order valence-corrected chi connectivity index (χ3v) is 5.04. The maximum atomic E-state index is 12.0. The minimum Gasteiger partial charge on any atom is -0.302 e. The van der Waals surface area contributed by atoms with E-state index < -0.39 is 0 Å². The van der Waals surface area contributed by atoms with Gasteiger partial charge in [0.2, 0.25) is 5.91 Å². The molecular weight excluding hydrogens is 322 g/mol. The first-order valence-corrected chi connectivity index (χ1v) is 9.61. The molecule has 1 amide bonds. The minimum atomic E-state index is 0.0258. The highest BCUT2D eigenvalue weighted by Crippen LogP contribution is 2.19. The van der Waals surface area contributed by atoms with E-state index in [4.69, 9.17) is 0 Å². The molecule has 2 aromatic rings. The van der Waals surface area contributed by atoms with Crippen LogP contribution in [0, 0.1) is 0 Å². The van der Waals surface area contributed by atoms with E-state index in [0.29, 0.717) is 11.6 Å². The first-order chi connectivity index (χ1) is 11.8. The monoisotopic (exact) mass is 347 g/mol. The highest BCUT2D eigenvalue weighted by Gasteiger charge is 2.12. The third kappa shape index (κ3) is 5.42. The normalized spacial score (nSPS) is 16.0. The van der Waals surface area contributed by atoms with Gasteiger partial charge >= 0.3 is 0 Å². The second-order valence-electron chi connectivity index (χ2n) is 6.26. The Labute approximate surface area is 146 Å². The lowest BCUT2D eigenvalue weighted by Gasteiger charge is -2.17. The van der Waals surface area contributed by atoms with Crippen molar-refractivity contribution in [1.82, 2.24) is 19.7 Å². The highest BCUT2D eigenvalue weighted by molar-refractivity contribution is 7.13. The Hall–Kier alpha value is -1.73. The molecule has 0 unspecified atom stereocenters. The molecule has 1 saturated heterocycles. The van der Waals surface area contributed by atoms with Crippen LogP contribution in [0.1, 0.15) is 44.2 Å². The first-order valence-electron chi connectivity index (χ1n) is 8.73. The Bertz CT molecular complexity index is 617. The number of thiazole rings is 1. The van der Waals surface area contributed by atoms with E-state index in [-0.39, 0.29) is 5.91 Å². The summed E-state index contributed by atoms with van der Waals surface area (Å²) in [6.45, 7) is 3.98. The average molecular weight is 347 g/mol.